The van der Waals surface area contributed by atoms with E-state index in [1.165, 1.54) is 23.1 Å². The van der Waals surface area contributed by atoms with E-state index in [0.29, 0.717) is 13.1 Å². The summed E-state index contributed by atoms with van der Waals surface area (Å²) in [7, 11) is 0. The van der Waals surface area contributed by atoms with Gasteiger partial charge in [0.25, 0.3) is 5.91 Å². The fourth-order valence-electron chi connectivity index (χ4n) is 2.30. The lowest BCUT2D eigenvalue weighted by molar-refractivity contribution is 0.0728. The van der Waals surface area contributed by atoms with Gasteiger partial charge >= 0.3 is 0 Å². The molecule has 1 N–H and O–H groups in total. The second-order valence-corrected chi connectivity index (χ2v) is 5.48. The number of rotatable bonds is 1. The molecule has 0 saturated heterocycles. The van der Waals surface area contributed by atoms with Crippen molar-refractivity contribution in [2.45, 2.75) is 13.0 Å². The van der Waals surface area contributed by atoms with Crippen LogP contribution in [-0.2, 0) is 13.0 Å². The summed E-state index contributed by atoms with van der Waals surface area (Å²) in [6, 6.07) is 5.89. The zero-order chi connectivity index (χ0) is 13.4. The molecule has 0 aliphatic carbocycles. The fourth-order valence-corrected chi connectivity index (χ4v) is 3.19. The monoisotopic (exact) mass is 277 g/mol. The van der Waals surface area contributed by atoms with Crippen molar-refractivity contribution in [1.29, 1.82) is 0 Å². The molecule has 1 aliphatic rings. The van der Waals surface area contributed by atoms with Crippen molar-refractivity contribution < 1.29 is 14.3 Å². The summed E-state index contributed by atoms with van der Waals surface area (Å²) in [5, 5.41) is 11.7. The van der Waals surface area contributed by atoms with Gasteiger partial charge in [0.15, 0.2) is 0 Å². The van der Waals surface area contributed by atoms with Crippen LogP contribution in [0.5, 0.6) is 5.75 Å². The second-order valence-electron chi connectivity index (χ2n) is 4.48. The number of halogens is 1. The molecular formula is C14H12FNO2S. The number of benzene rings is 1. The van der Waals surface area contributed by atoms with E-state index in [1.807, 2.05) is 11.4 Å². The number of thiophene rings is 1. The molecule has 2 heterocycles. The predicted molar refractivity (Wildman–Crippen MR) is 70.8 cm³/mol. The van der Waals surface area contributed by atoms with Crippen molar-refractivity contribution in [2.75, 3.05) is 6.54 Å². The zero-order valence-electron chi connectivity index (χ0n) is 10.1. The lowest BCUT2D eigenvalue weighted by Crippen LogP contribution is -2.35. The molecule has 2 aromatic rings. The SMILES string of the molecule is O=C(c1c(O)cccc1F)N1CCc2sccc2C1. The number of carbonyl (C=O) groups excluding carboxylic acids is 1. The Morgan fingerprint density at radius 1 is 1.37 bits per heavy atom. The van der Waals surface area contributed by atoms with Gasteiger partial charge in [-0.3, -0.25) is 4.79 Å². The maximum absolute atomic E-state index is 13.7. The molecule has 0 radical (unpaired) electrons. The van der Waals surface area contributed by atoms with E-state index in [9.17, 15) is 14.3 Å². The van der Waals surface area contributed by atoms with Gasteiger partial charge < -0.3 is 10.0 Å². The smallest absolute Gasteiger partial charge is 0.260 e. The molecule has 0 unspecified atom stereocenters. The van der Waals surface area contributed by atoms with E-state index in [0.717, 1.165) is 12.0 Å². The third-order valence-corrected chi connectivity index (χ3v) is 4.32. The Hall–Kier alpha value is -1.88. The van der Waals surface area contributed by atoms with E-state index in [-0.39, 0.29) is 11.3 Å². The molecule has 0 saturated carbocycles. The molecule has 1 aliphatic heterocycles. The number of nitrogens with zero attached hydrogens (tertiary/aromatic N) is 1. The van der Waals surface area contributed by atoms with Crippen molar-refractivity contribution in [2.24, 2.45) is 0 Å². The molecule has 19 heavy (non-hydrogen) atoms. The van der Waals surface area contributed by atoms with Gasteiger partial charge in [-0.25, -0.2) is 4.39 Å². The quantitative estimate of drug-likeness (QED) is 0.870. The molecule has 98 valence electrons. The molecule has 1 aromatic heterocycles. The van der Waals surface area contributed by atoms with Gasteiger partial charge in [-0.2, -0.15) is 0 Å². The van der Waals surface area contributed by atoms with Crippen LogP contribution in [0.1, 0.15) is 20.8 Å². The van der Waals surface area contributed by atoms with Crippen molar-refractivity contribution in [1.82, 2.24) is 4.90 Å². The Kier molecular flexibility index (Phi) is 2.98. The van der Waals surface area contributed by atoms with Gasteiger partial charge in [0.1, 0.15) is 17.1 Å². The summed E-state index contributed by atoms with van der Waals surface area (Å²) in [5.74, 6) is -1.44. The van der Waals surface area contributed by atoms with Crippen molar-refractivity contribution in [3.8, 4) is 5.75 Å². The number of fused-ring (bicyclic) bond motifs is 1. The minimum atomic E-state index is -0.680. The molecule has 0 fully saturated rings. The summed E-state index contributed by atoms with van der Waals surface area (Å²) >= 11 is 1.68. The minimum absolute atomic E-state index is 0.235. The van der Waals surface area contributed by atoms with E-state index in [2.05, 4.69) is 0 Å². The summed E-state index contributed by atoms with van der Waals surface area (Å²) in [4.78, 5) is 15.2. The lowest BCUT2D eigenvalue weighted by atomic mass is 10.1. The van der Waals surface area contributed by atoms with Crippen molar-refractivity contribution in [3.05, 3.63) is 51.5 Å². The van der Waals surface area contributed by atoms with E-state index in [1.54, 1.807) is 16.2 Å². The van der Waals surface area contributed by atoms with Gasteiger partial charge in [0.05, 0.1) is 0 Å². The van der Waals surface area contributed by atoms with Crippen molar-refractivity contribution >= 4 is 17.2 Å². The third-order valence-electron chi connectivity index (χ3n) is 3.30. The van der Waals surface area contributed by atoms with E-state index in [4.69, 9.17) is 0 Å². The van der Waals surface area contributed by atoms with Crippen LogP contribution in [0.4, 0.5) is 4.39 Å². The predicted octanol–water partition coefficient (Wildman–Crippen LogP) is 2.79. The highest BCUT2D eigenvalue weighted by molar-refractivity contribution is 7.10. The molecule has 0 atom stereocenters. The van der Waals surface area contributed by atoms with Gasteiger partial charge in [-0.15, -0.1) is 11.3 Å². The first-order valence-corrected chi connectivity index (χ1v) is 6.87. The van der Waals surface area contributed by atoms with Crippen LogP contribution in [0, 0.1) is 5.82 Å². The Balaban J connectivity index is 1.90. The van der Waals surface area contributed by atoms with Crippen LogP contribution < -0.4 is 0 Å². The number of carbonyl (C=O) groups is 1. The average molecular weight is 277 g/mol. The normalized spacial score (nSPS) is 14.3. The number of hydrogen-bond donors (Lipinski definition) is 1. The summed E-state index contributed by atoms with van der Waals surface area (Å²) in [6.45, 7) is 1.03. The number of amides is 1. The van der Waals surface area contributed by atoms with Crippen LogP contribution in [-0.4, -0.2) is 22.5 Å². The van der Waals surface area contributed by atoms with Crippen molar-refractivity contribution in [3.63, 3.8) is 0 Å². The maximum Gasteiger partial charge on any atom is 0.260 e. The second kappa shape index (κ2) is 4.66. The molecule has 1 amide bonds. The molecular weight excluding hydrogens is 265 g/mol. The number of hydrogen-bond acceptors (Lipinski definition) is 3. The lowest BCUT2D eigenvalue weighted by Gasteiger charge is -2.27. The van der Waals surface area contributed by atoms with Gasteiger partial charge in [0, 0.05) is 18.0 Å². The summed E-state index contributed by atoms with van der Waals surface area (Å²) < 4.78 is 13.7. The van der Waals surface area contributed by atoms with Crippen LogP contribution in [0.2, 0.25) is 0 Å². The van der Waals surface area contributed by atoms with Crippen LogP contribution in [0.15, 0.2) is 29.6 Å². The Labute approximate surface area is 113 Å². The molecule has 1 aromatic carbocycles. The topological polar surface area (TPSA) is 40.5 Å². The number of phenols is 1. The molecule has 3 nitrogen and oxygen atoms in total. The highest BCUT2D eigenvalue weighted by Crippen LogP contribution is 2.27. The van der Waals surface area contributed by atoms with Crippen LogP contribution in [0.25, 0.3) is 0 Å². The van der Waals surface area contributed by atoms with Gasteiger partial charge in [-0.1, -0.05) is 6.07 Å². The number of phenolic OH excluding ortho intramolecular Hbond substituents is 1. The van der Waals surface area contributed by atoms with Gasteiger partial charge in [0.2, 0.25) is 0 Å². The summed E-state index contributed by atoms with van der Waals surface area (Å²) in [6.07, 6.45) is 0.786. The largest absolute Gasteiger partial charge is 0.507 e. The standard InChI is InChI=1S/C14H12FNO2S/c15-10-2-1-3-11(17)13(10)14(18)16-6-4-12-9(8-16)5-7-19-12/h1-3,5,7,17H,4,6,8H2. The highest BCUT2D eigenvalue weighted by atomic mass is 32.1. The molecule has 3 rings (SSSR count). The summed E-state index contributed by atoms with van der Waals surface area (Å²) in [5.41, 5.74) is 0.876. The molecule has 5 heteroatoms. The van der Waals surface area contributed by atoms with Crippen LogP contribution >= 0.6 is 11.3 Å². The van der Waals surface area contributed by atoms with E-state index >= 15 is 0 Å². The Morgan fingerprint density at radius 2 is 2.21 bits per heavy atom. The Morgan fingerprint density at radius 3 is 3.00 bits per heavy atom. The highest BCUT2D eigenvalue weighted by Gasteiger charge is 2.26. The molecule has 0 bridgehead atoms. The fraction of sp³-hybridized carbons (Fsp3) is 0.214. The van der Waals surface area contributed by atoms with Crippen LogP contribution in [0.3, 0.4) is 0 Å². The first kappa shape index (κ1) is 12.2. The minimum Gasteiger partial charge on any atom is -0.507 e. The third kappa shape index (κ3) is 2.10. The Bertz CT molecular complexity index is 618. The first-order chi connectivity index (χ1) is 9.16. The number of aromatic hydroxyl groups is 1. The maximum atomic E-state index is 13.7. The van der Waals surface area contributed by atoms with E-state index < -0.39 is 11.7 Å². The van der Waals surface area contributed by atoms with Gasteiger partial charge in [-0.05, 0) is 35.6 Å². The first-order valence-electron chi connectivity index (χ1n) is 5.99. The zero-order valence-corrected chi connectivity index (χ0v) is 10.9. The average Bonchev–Trinajstić information content (AvgIpc) is 2.85. The molecule has 0 spiro atoms.